The Bertz CT molecular complexity index is 1150. The van der Waals surface area contributed by atoms with Crippen molar-refractivity contribution in [2.24, 2.45) is 0 Å². The number of benzene rings is 3. The number of hydrogen-bond donors (Lipinski definition) is 1. The largest absolute Gasteiger partial charge is 0.460 e. The summed E-state index contributed by atoms with van der Waals surface area (Å²) in [6.07, 6.45) is -0.658. The zero-order valence-electron chi connectivity index (χ0n) is 23.9. The molecular formula is C32H41NO5Si. The number of carbonyl (C=O) groups excluding carboxylic acids is 2. The molecule has 6 nitrogen and oxygen atoms in total. The lowest BCUT2D eigenvalue weighted by atomic mass is 10.2. The first-order chi connectivity index (χ1) is 18.4. The maximum Gasteiger partial charge on any atom is 0.407 e. The molecule has 0 aliphatic carbocycles. The van der Waals surface area contributed by atoms with Crippen LogP contribution in [0.4, 0.5) is 4.79 Å². The Morgan fingerprint density at radius 1 is 0.769 bits per heavy atom. The van der Waals surface area contributed by atoms with Gasteiger partial charge in [0.15, 0.2) is 0 Å². The summed E-state index contributed by atoms with van der Waals surface area (Å²) in [7, 11) is -2.88. The van der Waals surface area contributed by atoms with Crippen LogP contribution in [0, 0.1) is 0 Å². The SMILES string of the molecule is CC(C)(C)OC(=O)CC(CO[Si](c1ccccc1)(c1ccccc1)C(C)(C)C)NC(=O)OCc1ccccc1. The van der Waals surface area contributed by atoms with Gasteiger partial charge >= 0.3 is 12.1 Å². The van der Waals surface area contributed by atoms with E-state index < -0.39 is 32.0 Å². The third kappa shape index (κ3) is 8.53. The molecule has 0 fully saturated rings. The van der Waals surface area contributed by atoms with Crippen LogP contribution in [0.1, 0.15) is 53.5 Å². The lowest BCUT2D eigenvalue weighted by Gasteiger charge is -2.43. The van der Waals surface area contributed by atoms with Crippen molar-refractivity contribution in [1.82, 2.24) is 5.32 Å². The Morgan fingerprint density at radius 3 is 1.72 bits per heavy atom. The second-order valence-electron chi connectivity index (χ2n) is 11.7. The van der Waals surface area contributed by atoms with Crippen LogP contribution in [0.3, 0.4) is 0 Å². The average molecular weight is 548 g/mol. The smallest absolute Gasteiger partial charge is 0.407 e. The summed E-state index contributed by atoms with van der Waals surface area (Å²) in [5, 5.41) is 4.85. The van der Waals surface area contributed by atoms with E-state index in [4.69, 9.17) is 13.9 Å². The van der Waals surface area contributed by atoms with E-state index in [-0.39, 0.29) is 24.7 Å². The highest BCUT2D eigenvalue weighted by Gasteiger charge is 2.50. The number of rotatable bonds is 10. The van der Waals surface area contributed by atoms with Crippen molar-refractivity contribution in [3.8, 4) is 0 Å². The van der Waals surface area contributed by atoms with E-state index in [1.165, 1.54) is 0 Å². The van der Waals surface area contributed by atoms with E-state index in [1.807, 2.05) is 87.5 Å². The van der Waals surface area contributed by atoms with Crippen LogP contribution in [-0.2, 0) is 25.3 Å². The Labute approximate surface area is 233 Å². The summed E-state index contributed by atoms with van der Waals surface area (Å²) in [6.45, 7) is 12.3. The molecule has 1 amide bonds. The molecule has 0 aliphatic rings. The van der Waals surface area contributed by atoms with Gasteiger partial charge in [-0.25, -0.2) is 4.79 Å². The first-order valence-electron chi connectivity index (χ1n) is 13.3. The predicted molar refractivity (Wildman–Crippen MR) is 158 cm³/mol. The molecule has 1 unspecified atom stereocenters. The number of esters is 1. The van der Waals surface area contributed by atoms with E-state index in [1.54, 1.807) is 0 Å². The molecule has 0 aliphatic heterocycles. The summed E-state index contributed by atoms with van der Waals surface area (Å²) >= 11 is 0. The van der Waals surface area contributed by atoms with Crippen molar-refractivity contribution in [2.45, 2.75) is 71.3 Å². The van der Waals surface area contributed by atoms with Gasteiger partial charge in [0.1, 0.15) is 12.2 Å². The first kappa shape index (κ1) is 30.1. The van der Waals surface area contributed by atoms with Gasteiger partial charge in [-0.3, -0.25) is 4.79 Å². The number of nitrogens with one attached hydrogen (secondary N) is 1. The van der Waals surface area contributed by atoms with E-state index in [0.717, 1.165) is 15.9 Å². The molecule has 0 spiro atoms. The molecule has 1 atom stereocenters. The van der Waals surface area contributed by atoms with E-state index in [2.05, 4.69) is 50.4 Å². The third-order valence-corrected chi connectivity index (χ3v) is 11.3. The van der Waals surface area contributed by atoms with E-state index in [9.17, 15) is 9.59 Å². The maximum absolute atomic E-state index is 12.8. The molecule has 0 bridgehead atoms. The molecule has 0 radical (unpaired) electrons. The number of hydrogen-bond acceptors (Lipinski definition) is 5. The van der Waals surface area contributed by atoms with E-state index in [0.29, 0.717) is 0 Å². The Kier molecular flexibility index (Phi) is 10.1. The quantitative estimate of drug-likeness (QED) is 0.265. The number of ether oxygens (including phenoxy) is 2. The minimum Gasteiger partial charge on any atom is -0.460 e. The zero-order valence-corrected chi connectivity index (χ0v) is 24.9. The predicted octanol–water partition coefficient (Wildman–Crippen LogP) is 5.59. The molecular weight excluding hydrogens is 506 g/mol. The van der Waals surface area contributed by atoms with Crippen LogP contribution in [-0.4, -0.2) is 38.6 Å². The number of amides is 1. The van der Waals surface area contributed by atoms with Crippen molar-refractivity contribution in [3.63, 3.8) is 0 Å². The second kappa shape index (κ2) is 13.1. The monoisotopic (exact) mass is 547 g/mol. The fraction of sp³-hybridized carbons (Fsp3) is 0.375. The van der Waals surface area contributed by atoms with Gasteiger partial charge in [0, 0.05) is 0 Å². The highest BCUT2D eigenvalue weighted by atomic mass is 28.4. The van der Waals surface area contributed by atoms with Crippen molar-refractivity contribution in [1.29, 1.82) is 0 Å². The topological polar surface area (TPSA) is 73.9 Å². The Morgan fingerprint density at radius 2 is 1.26 bits per heavy atom. The number of alkyl carbamates (subject to hydrolysis) is 1. The molecule has 39 heavy (non-hydrogen) atoms. The van der Waals surface area contributed by atoms with Crippen molar-refractivity contribution in [3.05, 3.63) is 96.6 Å². The van der Waals surface area contributed by atoms with Gasteiger partial charge in [0.2, 0.25) is 0 Å². The van der Waals surface area contributed by atoms with Crippen LogP contribution in [0.5, 0.6) is 0 Å². The van der Waals surface area contributed by atoms with Gasteiger partial charge in [-0.2, -0.15) is 0 Å². The lowest BCUT2D eigenvalue weighted by molar-refractivity contribution is -0.155. The van der Waals surface area contributed by atoms with Crippen molar-refractivity contribution < 1.29 is 23.5 Å². The summed E-state index contributed by atoms with van der Waals surface area (Å²) in [6, 6.07) is 29.3. The van der Waals surface area contributed by atoms with Gasteiger partial charge in [0.05, 0.1) is 19.1 Å². The minimum atomic E-state index is -2.88. The fourth-order valence-electron chi connectivity index (χ4n) is 4.65. The van der Waals surface area contributed by atoms with Crippen LogP contribution in [0.15, 0.2) is 91.0 Å². The molecule has 0 saturated carbocycles. The minimum absolute atomic E-state index is 0.0457. The van der Waals surface area contributed by atoms with Gasteiger partial charge in [0.25, 0.3) is 8.32 Å². The van der Waals surface area contributed by atoms with E-state index >= 15 is 0 Å². The summed E-state index contributed by atoms with van der Waals surface area (Å²) < 4.78 is 18.0. The summed E-state index contributed by atoms with van der Waals surface area (Å²) in [5.74, 6) is -0.415. The molecule has 208 valence electrons. The maximum atomic E-state index is 12.8. The second-order valence-corrected chi connectivity index (χ2v) is 16.0. The van der Waals surface area contributed by atoms with Gasteiger partial charge < -0.3 is 19.2 Å². The van der Waals surface area contributed by atoms with Gasteiger partial charge in [-0.05, 0) is 41.7 Å². The molecule has 0 saturated heterocycles. The van der Waals surface area contributed by atoms with Crippen LogP contribution < -0.4 is 15.7 Å². The summed E-state index contributed by atoms with van der Waals surface area (Å²) in [4.78, 5) is 25.7. The normalized spacial score (nSPS) is 12.9. The lowest BCUT2D eigenvalue weighted by Crippen LogP contribution is -2.67. The first-order valence-corrected chi connectivity index (χ1v) is 15.3. The highest BCUT2D eigenvalue weighted by Crippen LogP contribution is 2.36. The third-order valence-electron chi connectivity index (χ3n) is 6.29. The van der Waals surface area contributed by atoms with Crippen molar-refractivity contribution >= 4 is 30.8 Å². The highest BCUT2D eigenvalue weighted by molar-refractivity contribution is 6.99. The van der Waals surface area contributed by atoms with Crippen LogP contribution in [0.25, 0.3) is 0 Å². The van der Waals surface area contributed by atoms with Gasteiger partial charge in [-0.1, -0.05) is 112 Å². The molecule has 0 heterocycles. The molecule has 3 aromatic rings. The standard InChI is InChI=1S/C32H41NO5Si/c1-31(2,3)38-29(34)22-26(33-30(35)36-23-25-16-10-7-11-17-25)24-37-39(32(4,5)6,27-18-12-8-13-19-27)28-20-14-9-15-21-28/h7-21,26H,22-24H2,1-6H3,(H,33,35). The van der Waals surface area contributed by atoms with Crippen LogP contribution >= 0.6 is 0 Å². The number of carbonyl (C=O) groups is 2. The zero-order chi connectivity index (χ0) is 28.5. The fourth-order valence-corrected chi connectivity index (χ4v) is 9.26. The average Bonchev–Trinajstić information content (AvgIpc) is 2.88. The summed E-state index contributed by atoms with van der Waals surface area (Å²) in [5.41, 5.74) is 0.230. The molecule has 7 heteroatoms. The van der Waals surface area contributed by atoms with Crippen LogP contribution in [0.2, 0.25) is 5.04 Å². The Balaban J connectivity index is 1.89. The molecule has 0 aromatic heterocycles. The van der Waals surface area contributed by atoms with Gasteiger partial charge in [-0.15, -0.1) is 0 Å². The molecule has 1 N–H and O–H groups in total. The Hall–Kier alpha value is -3.42. The molecule has 3 aromatic carbocycles. The molecule has 3 rings (SSSR count). The van der Waals surface area contributed by atoms with Crippen molar-refractivity contribution in [2.75, 3.05) is 6.61 Å².